The molecule has 0 fully saturated rings. The Morgan fingerprint density at radius 1 is 1.64 bits per heavy atom. The third kappa shape index (κ3) is 2.02. The first-order valence-electron chi connectivity index (χ1n) is 3.91. The Hall–Kier alpha value is -2.02. The molecule has 14 heavy (non-hydrogen) atoms. The third-order valence-electron chi connectivity index (χ3n) is 1.67. The van der Waals surface area contributed by atoms with Crippen LogP contribution in [0.2, 0.25) is 0 Å². The molecule has 0 N–H and O–H groups in total. The number of carbonyl (C=O) groups excluding carboxylic acids is 1. The molecule has 4 heteroatoms. The quantitative estimate of drug-likeness (QED) is 0.498. The minimum atomic E-state index is -0.490. The average molecular weight is 191 g/mol. The van der Waals surface area contributed by atoms with Gasteiger partial charge in [-0.25, -0.2) is 4.79 Å². The van der Waals surface area contributed by atoms with Crippen molar-refractivity contribution < 1.29 is 9.53 Å². The Kier molecular flexibility index (Phi) is 3.08. The molecule has 1 rings (SSSR count). The fourth-order valence-electron chi connectivity index (χ4n) is 0.992. The lowest BCUT2D eigenvalue weighted by atomic mass is 10.3. The molecule has 1 aromatic heterocycles. The summed E-state index contributed by atoms with van der Waals surface area (Å²) >= 11 is 0. The zero-order valence-electron chi connectivity index (χ0n) is 7.69. The van der Waals surface area contributed by atoms with Crippen molar-refractivity contribution in [3.05, 3.63) is 34.2 Å². The van der Waals surface area contributed by atoms with E-state index in [1.54, 1.807) is 0 Å². The van der Waals surface area contributed by atoms with Crippen LogP contribution in [-0.4, -0.2) is 17.6 Å². The van der Waals surface area contributed by atoms with Gasteiger partial charge in [0, 0.05) is 12.3 Å². The molecule has 0 aliphatic heterocycles. The van der Waals surface area contributed by atoms with Crippen LogP contribution in [0.1, 0.15) is 10.4 Å². The number of carbonyl (C=O) groups is 1. The molecule has 0 spiro atoms. The third-order valence-corrected chi connectivity index (χ3v) is 1.67. The average Bonchev–Trinajstić information content (AvgIpc) is 2.20. The van der Waals surface area contributed by atoms with E-state index in [1.165, 1.54) is 30.0 Å². The van der Waals surface area contributed by atoms with Crippen molar-refractivity contribution in [1.82, 2.24) is 4.57 Å². The van der Waals surface area contributed by atoms with Crippen LogP contribution in [0.4, 0.5) is 0 Å². The van der Waals surface area contributed by atoms with Crippen LogP contribution in [-0.2, 0) is 11.3 Å². The van der Waals surface area contributed by atoms with Crippen molar-refractivity contribution in [3.63, 3.8) is 0 Å². The highest BCUT2D eigenvalue weighted by molar-refractivity contribution is 5.88. The summed E-state index contributed by atoms with van der Waals surface area (Å²) in [6, 6.07) is 2.69. The van der Waals surface area contributed by atoms with Crippen molar-refractivity contribution in [2.45, 2.75) is 6.54 Å². The fraction of sp³-hybridized carbons (Fsp3) is 0.200. The van der Waals surface area contributed by atoms with Crippen molar-refractivity contribution in [2.75, 3.05) is 7.11 Å². The smallest absolute Gasteiger partial charge is 0.339 e. The van der Waals surface area contributed by atoms with Crippen molar-refractivity contribution in [1.29, 1.82) is 0 Å². The number of terminal acetylenes is 1. The lowest BCUT2D eigenvalue weighted by Gasteiger charge is -2.02. The van der Waals surface area contributed by atoms with Crippen LogP contribution >= 0.6 is 0 Å². The zero-order chi connectivity index (χ0) is 10.6. The van der Waals surface area contributed by atoms with Gasteiger partial charge in [0.15, 0.2) is 0 Å². The molecule has 1 aromatic rings. The van der Waals surface area contributed by atoms with E-state index in [0.29, 0.717) is 5.56 Å². The maximum Gasteiger partial charge on any atom is 0.339 e. The second-order valence-corrected chi connectivity index (χ2v) is 2.58. The number of esters is 1. The molecule has 0 unspecified atom stereocenters. The summed E-state index contributed by atoms with van der Waals surface area (Å²) in [6.07, 6.45) is 6.45. The number of nitrogens with zero attached hydrogens (tertiary/aromatic N) is 1. The monoisotopic (exact) mass is 191 g/mol. The lowest BCUT2D eigenvalue weighted by Crippen LogP contribution is -2.19. The zero-order valence-corrected chi connectivity index (χ0v) is 7.69. The van der Waals surface area contributed by atoms with E-state index in [4.69, 9.17) is 6.42 Å². The number of hydrogen-bond donors (Lipinski definition) is 0. The van der Waals surface area contributed by atoms with E-state index in [2.05, 4.69) is 10.7 Å². The minimum Gasteiger partial charge on any atom is -0.465 e. The first-order valence-corrected chi connectivity index (χ1v) is 3.91. The molecule has 4 nitrogen and oxygen atoms in total. The highest BCUT2D eigenvalue weighted by Gasteiger charge is 2.06. The summed E-state index contributed by atoms with van der Waals surface area (Å²) in [5.74, 6) is 1.83. The predicted octanol–water partition coefficient (Wildman–Crippen LogP) is 0.268. The van der Waals surface area contributed by atoms with E-state index in [0.717, 1.165) is 0 Å². The van der Waals surface area contributed by atoms with Crippen molar-refractivity contribution >= 4 is 5.97 Å². The predicted molar refractivity (Wildman–Crippen MR) is 50.9 cm³/mol. The van der Waals surface area contributed by atoms with Gasteiger partial charge in [-0.15, -0.1) is 6.42 Å². The SMILES string of the molecule is C#CCn1cc(C(=O)OC)ccc1=O. The van der Waals surface area contributed by atoms with Gasteiger partial charge in [-0.2, -0.15) is 0 Å². The number of rotatable bonds is 2. The van der Waals surface area contributed by atoms with E-state index >= 15 is 0 Å². The summed E-state index contributed by atoms with van der Waals surface area (Å²) in [6.45, 7) is 0.143. The molecule has 0 atom stereocenters. The molecule has 1 heterocycles. The van der Waals surface area contributed by atoms with Gasteiger partial charge in [-0.3, -0.25) is 4.79 Å². The van der Waals surface area contributed by atoms with Crippen LogP contribution in [0.3, 0.4) is 0 Å². The normalized spacial score (nSPS) is 9.14. The van der Waals surface area contributed by atoms with Gasteiger partial charge in [0.25, 0.3) is 5.56 Å². The minimum absolute atomic E-state index is 0.143. The molecule has 0 amide bonds. The molecule has 0 aliphatic carbocycles. The molecule has 72 valence electrons. The molecule has 0 aromatic carbocycles. The Morgan fingerprint density at radius 3 is 2.93 bits per heavy atom. The van der Waals surface area contributed by atoms with Crippen LogP contribution in [0.25, 0.3) is 0 Å². The molecule has 0 saturated carbocycles. The van der Waals surface area contributed by atoms with Crippen LogP contribution in [0.5, 0.6) is 0 Å². The molecule has 0 aliphatic rings. The molecule has 0 bridgehead atoms. The Balaban J connectivity index is 3.14. The topological polar surface area (TPSA) is 48.3 Å². The van der Waals surface area contributed by atoms with Gasteiger partial charge >= 0.3 is 5.97 Å². The summed E-state index contributed by atoms with van der Waals surface area (Å²) in [7, 11) is 1.28. The first kappa shape index (κ1) is 10.1. The molecule has 0 radical (unpaired) electrons. The number of pyridine rings is 1. The van der Waals surface area contributed by atoms with Crippen molar-refractivity contribution in [2.24, 2.45) is 0 Å². The van der Waals surface area contributed by atoms with Gasteiger partial charge in [-0.1, -0.05) is 5.92 Å². The molecular weight excluding hydrogens is 182 g/mol. The van der Waals surface area contributed by atoms with Crippen LogP contribution in [0, 0.1) is 12.3 Å². The number of aromatic nitrogens is 1. The number of methoxy groups -OCH3 is 1. The second kappa shape index (κ2) is 4.28. The molecule has 0 saturated heterocycles. The Morgan fingerprint density at radius 2 is 2.36 bits per heavy atom. The molecular formula is C10H9NO3. The maximum absolute atomic E-state index is 11.2. The summed E-state index contributed by atoms with van der Waals surface area (Å²) in [4.78, 5) is 22.3. The van der Waals surface area contributed by atoms with Gasteiger partial charge in [-0.05, 0) is 6.07 Å². The van der Waals surface area contributed by atoms with Gasteiger partial charge < -0.3 is 9.30 Å². The lowest BCUT2D eigenvalue weighted by molar-refractivity contribution is 0.0599. The van der Waals surface area contributed by atoms with Gasteiger partial charge in [0.1, 0.15) is 0 Å². The summed E-state index contributed by atoms with van der Waals surface area (Å²) < 4.78 is 5.77. The van der Waals surface area contributed by atoms with Gasteiger partial charge in [0.2, 0.25) is 0 Å². The van der Waals surface area contributed by atoms with Crippen molar-refractivity contribution in [3.8, 4) is 12.3 Å². The summed E-state index contributed by atoms with van der Waals surface area (Å²) in [5, 5.41) is 0. The number of ether oxygens (including phenoxy) is 1. The van der Waals surface area contributed by atoms with E-state index < -0.39 is 5.97 Å². The largest absolute Gasteiger partial charge is 0.465 e. The standard InChI is InChI=1S/C10H9NO3/c1-3-6-11-7-8(10(13)14-2)4-5-9(11)12/h1,4-5,7H,6H2,2H3. The Bertz CT molecular complexity index is 439. The number of hydrogen-bond acceptors (Lipinski definition) is 3. The summed E-state index contributed by atoms with van der Waals surface area (Å²) in [5.41, 5.74) is 0.0675. The maximum atomic E-state index is 11.2. The van der Waals surface area contributed by atoms with E-state index in [1.807, 2.05) is 0 Å². The fourth-order valence-corrected chi connectivity index (χ4v) is 0.992. The van der Waals surface area contributed by atoms with E-state index in [-0.39, 0.29) is 12.1 Å². The van der Waals surface area contributed by atoms with Crippen LogP contribution in [0.15, 0.2) is 23.1 Å². The first-order chi connectivity index (χ1) is 6.69. The highest BCUT2D eigenvalue weighted by Crippen LogP contribution is 1.97. The second-order valence-electron chi connectivity index (χ2n) is 2.58. The van der Waals surface area contributed by atoms with Crippen LogP contribution < -0.4 is 5.56 Å². The van der Waals surface area contributed by atoms with E-state index in [9.17, 15) is 9.59 Å². The Labute approximate surface area is 81.1 Å². The highest BCUT2D eigenvalue weighted by atomic mass is 16.5. The van der Waals surface area contributed by atoms with Gasteiger partial charge in [0.05, 0.1) is 19.2 Å².